The summed E-state index contributed by atoms with van der Waals surface area (Å²) in [6.45, 7) is 3.08. The van der Waals surface area contributed by atoms with Crippen LogP contribution in [-0.4, -0.2) is 55.1 Å². The molecule has 0 bridgehead atoms. The lowest BCUT2D eigenvalue weighted by molar-refractivity contribution is 0.0471. The molecule has 0 radical (unpaired) electrons. The average molecular weight is 421 g/mol. The first-order valence-electron chi connectivity index (χ1n) is 9.09. The molecule has 9 heteroatoms. The summed E-state index contributed by atoms with van der Waals surface area (Å²) in [5.41, 5.74) is 1.75. The summed E-state index contributed by atoms with van der Waals surface area (Å²) in [5.74, 6) is -0.941. The van der Waals surface area contributed by atoms with Crippen molar-refractivity contribution in [1.29, 1.82) is 0 Å². The first-order valence-corrected chi connectivity index (χ1v) is 10.9. The number of hydrogen-bond donors (Lipinski definition) is 1. The predicted octanol–water partition coefficient (Wildman–Crippen LogP) is 2.22. The van der Waals surface area contributed by atoms with Crippen LogP contribution in [0.25, 0.3) is 0 Å². The Morgan fingerprint density at radius 3 is 2.52 bits per heavy atom. The van der Waals surface area contributed by atoms with Crippen molar-refractivity contribution in [3.8, 4) is 11.5 Å². The number of methoxy groups -OCH3 is 1. The molecule has 1 N–H and O–H groups in total. The van der Waals surface area contributed by atoms with Crippen molar-refractivity contribution in [2.45, 2.75) is 26.3 Å². The molecular weight excluding hydrogens is 398 g/mol. The van der Waals surface area contributed by atoms with Crippen LogP contribution in [-0.2, 0) is 14.6 Å². The number of Topliss-reactive ketones (excluding diaryl/α,β-unsaturated/α-hetero) is 1. The molecule has 0 amide bonds. The second-order valence-corrected chi connectivity index (χ2v) is 9.32. The highest BCUT2D eigenvalue weighted by molar-refractivity contribution is 7.91. The molecule has 1 aliphatic heterocycles. The highest BCUT2D eigenvalue weighted by Crippen LogP contribution is 2.29. The summed E-state index contributed by atoms with van der Waals surface area (Å²) in [6.07, 6.45) is 0.512. The van der Waals surface area contributed by atoms with E-state index in [2.05, 4.69) is 0 Å². The van der Waals surface area contributed by atoms with Crippen molar-refractivity contribution in [2.24, 2.45) is 0 Å². The first-order chi connectivity index (χ1) is 13.6. The van der Waals surface area contributed by atoms with Gasteiger partial charge in [-0.05, 0) is 38.5 Å². The van der Waals surface area contributed by atoms with Gasteiger partial charge in [0.2, 0.25) is 5.78 Å². The van der Waals surface area contributed by atoms with E-state index in [-0.39, 0.29) is 28.9 Å². The standard InChI is InChI=1S/C20H23NO7S/c1-12-8-17(13(2)21(12)14-6-7-29(25,26)11-14)19(23)10-28-20(24)16-5-4-15(27-3)9-18(16)22/h4-5,8-9,14,22H,6-7,10-11H2,1-3H3/t14-/m1/s1. The Bertz CT molecular complexity index is 1070. The van der Waals surface area contributed by atoms with Gasteiger partial charge in [-0.15, -0.1) is 0 Å². The third kappa shape index (κ3) is 4.29. The van der Waals surface area contributed by atoms with Crippen LogP contribution >= 0.6 is 0 Å². The summed E-state index contributed by atoms with van der Waals surface area (Å²) < 4.78 is 35.5. The summed E-state index contributed by atoms with van der Waals surface area (Å²) in [7, 11) is -1.62. The molecule has 0 unspecified atom stereocenters. The Hall–Kier alpha value is -2.81. The molecule has 156 valence electrons. The Balaban J connectivity index is 1.72. The van der Waals surface area contributed by atoms with Crippen LogP contribution in [0.1, 0.15) is 44.6 Å². The van der Waals surface area contributed by atoms with E-state index in [4.69, 9.17) is 9.47 Å². The van der Waals surface area contributed by atoms with Gasteiger partial charge >= 0.3 is 5.97 Å². The van der Waals surface area contributed by atoms with Crippen molar-refractivity contribution in [2.75, 3.05) is 25.2 Å². The summed E-state index contributed by atoms with van der Waals surface area (Å²) in [4.78, 5) is 24.8. The molecular formula is C20H23NO7S. The van der Waals surface area contributed by atoms with Crippen LogP contribution in [0.3, 0.4) is 0 Å². The van der Waals surface area contributed by atoms with Crippen LogP contribution in [0.15, 0.2) is 24.3 Å². The van der Waals surface area contributed by atoms with E-state index in [0.29, 0.717) is 23.4 Å². The molecule has 1 fully saturated rings. The zero-order valence-corrected chi connectivity index (χ0v) is 17.3. The van der Waals surface area contributed by atoms with E-state index >= 15 is 0 Å². The fraction of sp³-hybridized carbons (Fsp3) is 0.400. The summed E-state index contributed by atoms with van der Waals surface area (Å²) >= 11 is 0. The number of aromatic hydroxyl groups is 1. The monoisotopic (exact) mass is 421 g/mol. The molecule has 1 aliphatic rings. The van der Waals surface area contributed by atoms with E-state index in [0.717, 1.165) is 5.69 Å². The number of carbonyl (C=O) groups is 2. The minimum absolute atomic E-state index is 0.0583. The topological polar surface area (TPSA) is 112 Å². The number of benzene rings is 1. The molecule has 1 aromatic heterocycles. The average Bonchev–Trinajstić information content (AvgIpc) is 3.17. The Labute approximate surface area is 169 Å². The predicted molar refractivity (Wildman–Crippen MR) is 105 cm³/mol. The van der Waals surface area contributed by atoms with Gasteiger partial charge in [-0.1, -0.05) is 0 Å². The zero-order chi connectivity index (χ0) is 21.3. The third-order valence-electron chi connectivity index (χ3n) is 5.12. The van der Waals surface area contributed by atoms with Crippen molar-refractivity contribution >= 4 is 21.6 Å². The summed E-state index contributed by atoms with van der Waals surface area (Å²) in [6, 6.07) is 5.62. The van der Waals surface area contributed by atoms with E-state index in [1.165, 1.54) is 25.3 Å². The number of aromatic nitrogens is 1. The maximum Gasteiger partial charge on any atom is 0.342 e. The van der Waals surface area contributed by atoms with Gasteiger partial charge < -0.3 is 19.1 Å². The lowest BCUT2D eigenvalue weighted by Crippen LogP contribution is -2.17. The van der Waals surface area contributed by atoms with Gasteiger partial charge in [0, 0.05) is 29.1 Å². The third-order valence-corrected chi connectivity index (χ3v) is 6.87. The Morgan fingerprint density at radius 2 is 1.93 bits per heavy atom. The van der Waals surface area contributed by atoms with Gasteiger partial charge in [0.1, 0.15) is 17.1 Å². The van der Waals surface area contributed by atoms with Gasteiger partial charge in [0.25, 0.3) is 0 Å². The number of sulfone groups is 1. The first kappa shape index (κ1) is 20.9. The largest absolute Gasteiger partial charge is 0.507 e. The van der Waals surface area contributed by atoms with Crippen molar-refractivity contribution in [3.63, 3.8) is 0 Å². The highest BCUT2D eigenvalue weighted by atomic mass is 32.2. The van der Waals surface area contributed by atoms with E-state index in [1.54, 1.807) is 13.0 Å². The Kier molecular flexibility index (Phi) is 5.70. The van der Waals surface area contributed by atoms with Crippen LogP contribution < -0.4 is 4.74 Å². The molecule has 2 heterocycles. The summed E-state index contributed by atoms with van der Waals surface area (Å²) in [5, 5.41) is 9.90. The number of hydrogen-bond acceptors (Lipinski definition) is 7. The smallest absolute Gasteiger partial charge is 0.342 e. The zero-order valence-electron chi connectivity index (χ0n) is 16.5. The Morgan fingerprint density at radius 1 is 1.21 bits per heavy atom. The number of nitrogens with zero attached hydrogens (tertiary/aromatic N) is 1. The highest BCUT2D eigenvalue weighted by Gasteiger charge is 2.31. The number of carbonyl (C=O) groups excluding carboxylic acids is 2. The van der Waals surface area contributed by atoms with Crippen molar-refractivity contribution < 1.29 is 32.6 Å². The number of rotatable bonds is 6. The van der Waals surface area contributed by atoms with Crippen molar-refractivity contribution in [3.05, 3.63) is 46.8 Å². The van der Waals surface area contributed by atoms with E-state index < -0.39 is 28.2 Å². The normalized spacial score (nSPS) is 17.8. The van der Waals surface area contributed by atoms with Crippen LogP contribution in [0.4, 0.5) is 0 Å². The molecule has 29 heavy (non-hydrogen) atoms. The minimum atomic E-state index is -3.06. The fourth-order valence-electron chi connectivity index (χ4n) is 3.70. The second kappa shape index (κ2) is 7.90. The molecule has 8 nitrogen and oxygen atoms in total. The second-order valence-electron chi connectivity index (χ2n) is 7.09. The lowest BCUT2D eigenvalue weighted by Gasteiger charge is -2.16. The maximum absolute atomic E-state index is 12.6. The molecule has 1 atom stereocenters. The quantitative estimate of drug-likeness (QED) is 0.562. The molecule has 1 aromatic carbocycles. The molecule has 0 saturated carbocycles. The van der Waals surface area contributed by atoms with Crippen LogP contribution in [0, 0.1) is 13.8 Å². The number of aryl methyl sites for hydroxylation is 1. The maximum atomic E-state index is 12.6. The minimum Gasteiger partial charge on any atom is -0.507 e. The van der Waals surface area contributed by atoms with E-state index in [1.807, 2.05) is 11.5 Å². The molecule has 1 saturated heterocycles. The van der Waals surface area contributed by atoms with Gasteiger partial charge in [-0.3, -0.25) is 4.79 Å². The van der Waals surface area contributed by atoms with E-state index in [9.17, 15) is 23.1 Å². The van der Waals surface area contributed by atoms with Crippen LogP contribution in [0.5, 0.6) is 11.5 Å². The molecule has 2 aromatic rings. The van der Waals surface area contributed by atoms with Gasteiger partial charge in [-0.2, -0.15) is 0 Å². The SMILES string of the molecule is COc1ccc(C(=O)OCC(=O)c2cc(C)n([C@@H]3CCS(=O)(=O)C3)c2C)c(O)c1. The lowest BCUT2D eigenvalue weighted by atomic mass is 10.1. The number of esters is 1. The molecule has 3 rings (SSSR count). The van der Waals surface area contributed by atoms with Crippen LogP contribution in [0.2, 0.25) is 0 Å². The van der Waals surface area contributed by atoms with Gasteiger partial charge in [0.15, 0.2) is 16.4 Å². The molecule has 0 aliphatic carbocycles. The van der Waals surface area contributed by atoms with Gasteiger partial charge in [0.05, 0.1) is 18.6 Å². The van der Waals surface area contributed by atoms with Crippen molar-refractivity contribution in [1.82, 2.24) is 4.57 Å². The fourth-order valence-corrected chi connectivity index (χ4v) is 5.40. The number of ketones is 1. The number of ether oxygens (including phenoxy) is 2. The number of phenols is 1. The van der Waals surface area contributed by atoms with Gasteiger partial charge in [-0.25, -0.2) is 13.2 Å². The number of phenolic OH excluding ortho intramolecular Hbond substituents is 1. The molecule has 0 spiro atoms.